The summed E-state index contributed by atoms with van der Waals surface area (Å²) in [5.74, 6) is 0. The van der Waals surface area contributed by atoms with E-state index in [1.165, 1.54) is 25.7 Å². The topological polar surface area (TPSA) is 0 Å². The van der Waals surface area contributed by atoms with Crippen molar-refractivity contribution in [3.05, 3.63) is 12.2 Å². The molecule has 0 heterocycles. The molecule has 0 saturated carbocycles. The van der Waals surface area contributed by atoms with E-state index in [9.17, 15) is 0 Å². The van der Waals surface area contributed by atoms with E-state index in [1.54, 1.807) is 0 Å². The van der Waals surface area contributed by atoms with Gasteiger partial charge in [0, 0.05) is 0 Å². The molecule has 12 heavy (non-hydrogen) atoms. The van der Waals surface area contributed by atoms with Gasteiger partial charge in [-0.05, 0) is 12.8 Å². The van der Waals surface area contributed by atoms with Gasteiger partial charge in [0.15, 0.2) is 0 Å². The molecular formula is C10H17B2. The summed E-state index contributed by atoms with van der Waals surface area (Å²) in [5, 5.41) is 0.0199. The van der Waals surface area contributed by atoms with Crippen LogP contribution in [-0.2, 0) is 0 Å². The highest BCUT2D eigenvalue weighted by molar-refractivity contribution is 6.52. The van der Waals surface area contributed by atoms with Gasteiger partial charge in [0.05, 0.1) is 7.85 Å². The van der Waals surface area contributed by atoms with E-state index in [0.29, 0.717) is 0 Å². The summed E-state index contributed by atoms with van der Waals surface area (Å²) in [6, 6.07) is 0. The van der Waals surface area contributed by atoms with Crippen LogP contribution in [0.15, 0.2) is 12.2 Å². The Morgan fingerprint density at radius 2 is 1.67 bits per heavy atom. The van der Waals surface area contributed by atoms with Gasteiger partial charge in [0.25, 0.3) is 0 Å². The quantitative estimate of drug-likeness (QED) is 0.407. The van der Waals surface area contributed by atoms with Gasteiger partial charge in [0.1, 0.15) is 7.28 Å². The molecular weight excluding hydrogens is 142 g/mol. The van der Waals surface area contributed by atoms with Crippen molar-refractivity contribution < 1.29 is 0 Å². The second-order valence-electron chi connectivity index (χ2n) is 3.78. The van der Waals surface area contributed by atoms with E-state index in [2.05, 4.69) is 26.3 Å². The predicted molar refractivity (Wildman–Crippen MR) is 56.9 cm³/mol. The minimum atomic E-state index is 0.0199. The van der Waals surface area contributed by atoms with Crippen molar-refractivity contribution in [2.75, 3.05) is 0 Å². The number of hydrogen-bond acceptors (Lipinski definition) is 0. The summed E-state index contributed by atoms with van der Waals surface area (Å²) in [6.07, 6.45) is 11.7. The highest BCUT2D eigenvalue weighted by Crippen LogP contribution is 2.34. The van der Waals surface area contributed by atoms with Crippen molar-refractivity contribution in [3.8, 4) is 0 Å². The lowest BCUT2D eigenvalue weighted by molar-refractivity contribution is 0.578. The van der Waals surface area contributed by atoms with Gasteiger partial charge in [-0.1, -0.05) is 49.9 Å². The smallest absolute Gasteiger partial charge is 0.0922 e. The molecule has 0 unspecified atom stereocenters. The molecule has 0 nitrogen and oxygen atoms in total. The maximum atomic E-state index is 6.21. The van der Waals surface area contributed by atoms with E-state index in [-0.39, 0.29) is 5.21 Å². The molecule has 0 amide bonds. The zero-order chi connectivity index (χ0) is 8.86. The normalized spacial score (nSPS) is 26.4. The maximum Gasteiger partial charge on any atom is 0.103 e. The third-order valence-electron chi connectivity index (χ3n) is 2.77. The van der Waals surface area contributed by atoms with Crippen molar-refractivity contribution in [1.82, 2.24) is 0 Å². The van der Waals surface area contributed by atoms with Crippen molar-refractivity contribution >= 4 is 15.1 Å². The number of rotatable bonds is 1. The molecule has 0 spiro atoms. The lowest BCUT2D eigenvalue weighted by Gasteiger charge is -2.27. The molecule has 1 aliphatic rings. The maximum absolute atomic E-state index is 6.21. The van der Waals surface area contributed by atoms with Gasteiger partial charge < -0.3 is 0 Å². The summed E-state index contributed by atoms with van der Waals surface area (Å²) in [4.78, 5) is 0. The van der Waals surface area contributed by atoms with Gasteiger partial charge in [0.2, 0.25) is 0 Å². The first-order chi connectivity index (χ1) is 5.77. The first-order valence-corrected chi connectivity index (χ1v) is 5.01. The van der Waals surface area contributed by atoms with Crippen LogP contribution in [0.4, 0.5) is 0 Å². The van der Waals surface area contributed by atoms with Crippen LogP contribution in [0.5, 0.6) is 0 Å². The zero-order valence-corrected chi connectivity index (χ0v) is 8.05. The van der Waals surface area contributed by atoms with E-state index in [1.807, 2.05) is 0 Å². The summed E-state index contributed by atoms with van der Waals surface area (Å²) in [5.41, 5.74) is 0. The minimum Gasteiger partial charge on any atom is -0.0922 e. The molecule has 0 bridgehead atoms. The molecule has 1 aliphatic carbocycles. The lowest BCUT2D eigenvalue weighted by atomic mass is 9.40. The molecule has 0 aromatic rings. The Kier molecular flexibility index (Phi) is 3.97. The van der Waals surface area contributed by atoms with Gasteiger partial charge in [-0.25, -0.2) is 0 Å². The summed E-state index contributed by atoms with van der Waals surface area (Å²) < 4.78 is 0. The van der Waals surface area contributed by atoms with E-state index >= 15 is 0 Å². The molecule has 3 radical (unpaired) electrons. The molecule has 0 N–H and O–H groups in total. The van der Waals surface area contributed by atoms with Crippen molar-refractivity contribution in [2.24, 2.45) is 0 Å². The average Bonchev–Trinajstić information content (AvgIpc) is 2.18. The first kappa shape index (κ1) is 9.95. The molecule has 0 aromatic carbocycles. The number of hydrogen-bond donors (Lipinski definition) is 0. The highest BCUT2D eigenvalue weighted by atomic mass is 14.1. The van der Waals surface area contributed by atoms with Crippen LogP contribution in [0.3, 0.4) is 0 Å². The predicted octanol–water partition coefficient (Wildman–Crippen LogP) is 2.93. The van der Waals surface area contributed by atoms with E-state index < -0.39 is 0 Å². The second-order valence-corrected chi connectivity index (χ2v) is 3.78. The Labute approximate surface area is 78.5 Å². The Hall–Kier alpha value is -0.130. The van der Waals surface area contributed by atoms with Crippen molar-refractivity contribution in [3.63, 3.8) is 0 Å². The molecule has 1 rings (SSSR count). The fourth-order valence-electron chi connectivity index (χ4n) is 1.75. The number of allylic oxidation sites excluding steroid dienone is 2. The van der Waals surface area contributed by atoms with E-state index in [0.717, 1.165) is 12.8 Å². The lowest BCUT2D eigenvalue weighted by Crippen LogP contribution is -2.18. The van der Waals surface area contributed by atoms with Gasteiger partial charge >= 0.3 is 0 Å². The van der Waals surface area contributed by atoms with Crippen LogP contribution < -0.4 is 0 Å². The zero-order valence-electron chi connectivity index (χ0n) is 8.05. The fourth-order valence-corrected chi connectivity index (χ4v) is 1.75. The van der Waals surface area contributed by atoms with Crippen LogP contribution >= 0.6 is 0 Å². The Balaban J connectivity index is 2.44. The molecule has 0 fully saturated rings. The van der Waals surface area contributed by atoms with Crippen molar-refractivity contribution in [1.29, 1.82) is 0 Å². The van der Waals surface area contributed by atoms with Crippen molar-refractivity contribution in [2.45, 2.75) is 50.6 Å². The Bertz CT molecular complexity index is 140. The van der Waals surface area contributed by atoms with E-state index in [4.69, 9.17) is 7.85 Å². The fraction of sp³-hybridized carbons (Fsp3) is 0.800. The monoisotopic (exact) mass is 159 g/mol. The van der Waals surface area contributed by atoms with Gasteiger partial charge in [-0.3, -0.25) is 0 Å². The van der Waals surface area contributed by atoms with Crippen LogP contribution in [0.1, 0.15) is 38.5 Å². The van der Waals surface area contributed by atoms with Crippen LogP contribution in [0.25, 0.3) is 0 Å². The van der Waals surface area contributed by atoms with Crippen LogP contribution in [0, 0.1) is 0 Å². The Morgan fingerprint density at radius 1 is 1.17 bits per heavy atom. The molecule has 0 aliphatic heterocycles. The molecule has 0 atom stereocenters. The molecule has 63 valence electrons. The second kappa shape index (κ2) is 4.79. The first-order valence-electron chi connectivity index (χ1n) is 5.01. The van der Waals surface area contributed by atoms with Gasteiger partial charge in [-0.15, -0.1) is 0 Å². The molecule has 0 saturated heterocycles. The van der Waals surface area contributed by atoms with Crippen LogP contribution in [0.2, 0.25) is 12.0 Å². The largest absolute Gasteiger partial charge is 0.103 e. The minimum absolute atomic E-state index is 0.0199. The SMILES string of the molecule is [B]C1([B]C)CCC/C=C\CCC1. The van der Waals surface area contributed by atoms with Gasteiger partial charge in [-0.2, -0.15) is 0 Å². The summed E-state index contributed by atoms with van der Waals surface area (Å²) >= 11 is 0. The molecule has 0 aromatic heterocycles. The summed E-state index contributed by atoms with van der Waals surface area (Å²) in [7, 11) is 8.39. The average molecular weight is 159 g/mol. The Morgan fingerprint density at radius 3 is 2.08 bits per heavy atom. The summed E-state index contributed by atoms with van der Waals surface area (Å²) in [6.45, 7) is 2.09. The highest BCUT2D eigenvalue weighted by Gasteiger charge is 2.20. The third kappa shape index (κ3) is 3.08. The third-order valence-corrected chi connectivity index (χ3v) is 2.77. The van der Waals surface area contributed by atoms with Crippen LogP contribution in [-0.4, -0.2) is 15.1 Å². The standard InChI is InChI=1S/C10H17B2/c1-12-10(11)8-6-4-2-3-5-7-9-10/h2-3H,4-9H2,1H3/b3-2-. The molecule has 2 heteroatoms.